The smallest absolute Gasteiger partial charge is 0.391 e. The van der Waals surface area contributed by atoms with Gasteiger partial charge in [-0.25, -0.2) is 8.42 Å². The first kappa shape index (κ1) is 31.0. The Balaban J connectivity index is 1.60. The van der Waals surface area contributed by atoms with E-state index in [1.165, 1.54) is 18.3 Å². The zero-order valence-electron chi connectivity index (χ0n) is 22.5. The van der Waals surface area contributed by atoms with Crippen LogP contribution in [-0.2, 0) is 9.84 Å². The lowest BCUT2D eigenvalue weighted by Gasteiger charge is -2.31. The minimum Gasteiger partial charge on any atom is -0.394 e. The maximum Gasteiger partial charge on any atom is 0.391 e. The first-order chi connectivity index (χ1) is 18.4. The van der Waals surface area contributed by atoms with Gasteiger partial charge in [-0.15, -0.1) is 0 Å². The lowest BCUT2D eigenvalue weighted by atomic mass is 9.81. The molecular formula is C28H38F3N3O4S. The number of nitrogens with one attached hydrogen (secondary N) is 2. The number of halogens is 3. The van der Waals surface area contributed by atoms with Gasteiger partial charge in [-0.05, 0) is 73.9 Å². The van der Waals surface area contributed by atoms with Gasteiger partial charge in [-0.1, -0.05) is 32.9 Å². The fraction of sp³-hybridized carbons (Fsp3) is 0.571. The van der Waals surface area contributed by atoms with Gasteiger partial charge in [0.05, 0.1) is 46.5 Å². The van der Waals surface area contributed by atoms with Crippen molar-refractivity contribution in [3.8, 4) is 0 Å². The minimum absolute atomic E-state index is 0.0222. The Bertz CT molecular complexity index is 1180. The highest BCUT2D eigenvalue weighted by atomic mass is 32.2. The number of amides is 1. The van der Waals surface area contributed by atoms with Gasteiger partial charge in [0.1, 0.15) is 0 Å². The van der Waals surface area contributed by atoms with Crippen molar-refractivity contribution < 1.29 is 31.5 Å². The second-order valence-corrected chi connectivity index (χ2v) is 12.8. The van der Waals surface area contributed by atoms with Crippen LogP contribution in [0.4, 0.5) is 13.2 Å². The van der Waals surface area contributed by atoms with Crippen molar-refractivity contribution in [2.45, 2.75) is 69.6 Å². The third-order valence-electron chi connectivity index (χ3n) is 7.48. The zero-order chi connectivity index (χ0) is 28.8. The van der Waals surface area contributed by atoms with Gasteiger partial charge in [-0.3, -0.25) is 9.78 Å². The normalized spacial score (nSPS) is 20.0. The summed E-state index contributed by atoms with van der Waals surface area (Å²) >= 11 is 0. The van der Waals surface area contributed by atoms with Crippen LogP contribution in [0.3, 0.4) is 0 Å². The Morgan fingerprint density at radius 3 is 2.21 bits per heavy atom. The van der Waals surface area contributed by atoms with E-state index >= 15 is 0 Å². The molecule has 3 rings (SSSR count). The molecule has 1 amide bonds. The molecule has 1 aliphatic rings. The Morgan fingerprint density at radius 1 is 1.08 bits per heavy atom. The van der Waals surface area contributed by atoms with E-state index in [4.69, 9.17) is 0 Å². The summed E-state index contributed by atoms with van der Waals surface area (Å²) in [4.78, 5) is 17.5. The van der Waals surface area contributed by atoms with Crippen molar-refractivity contribution in [1.29, 1.82) is 0 Å². The predicted molar refractivity (Wildman–Crippen MR) is 143 cm³/mol. The molecule has 0 bridgehead atoms. The largest absolute Gasteiger partial charge is 0.394 e. The Hall–Kier alpha value is -2.50. The number of carbonyl (C=O) groups excluding carboxylic acids is 1. The van der Waals surface area contributed by atoms with Gasteiger partial charge >= 0.3 is 6.18 Å². The molecule has 1 unspecified atom stereocenters. The van der Waals surface area contributed by atoms with Crippen LogP contribution in [0.15, 0.2) is 47.5 Å². The van der Waals surface area contributed by atoms with Crippen molar-refractivity contribution in [2.75, 3.05) is 18.9 Å². The number of rotatable bonds is 11. The molecule has 1 aliphatic carbocycles. The summed E-state index contributed by atoms with van der Waals surface area (Å²) in [7, 11) is -3.35. The number of aromatic nitrogens is 1. The number of aliphatic hydroxyl groups is 1. The number of alkyl halides is 3. The summed E-state index contributed by atoms with van der Waals surface area (Å²) in [5.74, 6) is -1.31. The summed E-state index contributed by atoms with van der Waals surface area (Å²) in [6.45, 7) is 5.85. The molecule has 39 heavy (non-hydrogen) atoms. The quantitative estimate of drug-likeness (QED) is 0.352. The van der Waals surface area contributed by atoms with Crippen molar-refractivity contribution in [2.24, 2.45) is 17.8 Å². The maximum absolute atomic E-state index is 13.0. The molecule has 0 aliphatic heterocycles. The molecule has 1 fully saturated rings. The van der Waals surface area contributed by atoms with Gasteiger partial charge < -0.3 is 15.7 Å². The molecule has 3 N–H and O–H groups in total. The monoisotopic (exact) mass is 569 g/mol. The second-order valence-electron chi connectivity index (χ2n) is 10.5. The highest BCUT2D eigenvalue weighted by molar-refractivity contribution is 7.91. The van der Waals surface area contributed by atoms with Gasteiger partial charge in [0.25, 0.3) is 5.91 Å². The molecule has 0 saturated heterocycles. The summed E-state index contributed by atoms with van der Waals surface area (Å²) in [5.41, 5.74) is 1.60. The SMILES string of the molecule is CCS(=O)(=O)c1ccc([C@H](CO)NC(=O)c2ccc(C(NCC3CCC(C(F)(F)F)CC3)C(C)C)nc2)cc1. The van der Waals surface area contributed by atoms with E-state index in [0.717, 1.165) is 5.69 Å². The molecular weight excluding hydrogens is 531 g/mol. The number of sulfone groups is 1. The molecule has 0 radical (unpaired) electrons. The number of hydrogen-bond donors (Lipinski definition) is 3. The Morgan fingerprint density at radius 2 is 1.72 bits per heavy atom. The van der Waals surface area contributed by atoms with Gasteiger partial charge in [0.2, 0.25) is 0 Å². The van der Waals surface area contributed by atoms with Crippen LogP contribution in [0.2, 0.25) is 0 Å². The first-order valence-corrected chi connectivity index (χ1v) is 15.0. The average molecular weight is 570 g/mol. The second kappa shape index (κ2) is 13.2. The van der Waals surface area contributed by atoms with Crippen LogP contribution in [0.5, 0.6) is 0 Å². The molecule has 7 nitrogen and oxygen atoms in total. The number of pyridine rings is 1. The molecule has 2 atom stereocenters. The van der Waals surface area contributed by atoms with Crippen LogP contribution < -0.4 is 10.6 Å². The minimum atomic E-state index is -4.11. The number of hydrogen-bond acceptors (Lipinski definition) is 6. The van der Waals surface area contributed by atoms with Crippen molar-refractivity contribution >= 4 is 15.7 Å². The summed E-state index contributed by atoms with van der Waals surface area (Å²) in [6, 6.07) is 8.61. The van der Waals surface area contributed by atoms with E-state index in [2.05, 4.69) is 15.6 Å². The lowest BCUT2D eigenvalue weighted by molar-refractivity contribution is -0.183. The molecule has 1 aromatic carbocycles. The number of carbonyl (C=O) groups is 1. The van der Waals surface area contributed by atoms with Crippen LogP contribution >= 0.6 is 0 Å². The van der Waals surface area contributed by atoms with Crippen molar-refractivity contribution in [1.82, 2.24) is 15.6 Å². The number of aliphatic hydroxyl groups excluding tert-OH is 1. The summed E-state index contributed by atoms with van der Waals surface area (Å²) in [6.07, 6.45) is -1.24. The van der Waals surface area contributed by atoms with E-state index in [1.54, 1.807) is 31.2 Å². The van der Waals surface area contributed by atoms with Gasteiger partial charge in [-0.2, -0.15) is 13.2 Å². The molecule has 216 valence electrons. The number of benzene rings is 1. The van der Waals surface area contributed by atoms with Crippen LogP contribution in [0.1, 0.15) is 80.2 Å². The molecule has 1 saturated carbocycles. The van der Waals surface area contributed by atoms with Crippen LogP contribution in [0.25, 0.3) is 0 Å². The zero-order valence-corrected chi connectivity index (χ0v) is 23.4. The van der Waals surface area contributed by atoms with E-state index in [-0.39, 0.29) is 48.0 Å². The van der Waals surface area contributed by atoms with Crippen LogP contribution in [-0.4, -0.2) is 49.5 Å². The summed E-state index contributed by atoms with van der Waals surface area (Å²) < 4.78 is 62.9. The maximum atomic E-state index is 13.0. The Labute approximate surface area is 228 Å². The lowest BCUT2D eigenvalue weighted by Crippen LogP contribution is -2.35. The number of nitrogens with zero attached hydrogens (tertiary/aromatic N) is 1. The average Bonchev–Trinajstić information content (AvgIpc) is 2.91. The van der Waals surface area contributed by atoms with Crippen molar-refractivity contribution in [3.63, 3.8) is 0 Å². The molecule has 1 heterocycles. The molecule has 11 heteroatoms. The predicted octanol–water partition coefficient (Wildman–Crippen LogP) is 4.99. The van der Waals surface area contributed by atoms with Crippen molar-refractivity contribution in [3.05, 3.63) is 59.4 Å². The summed E-state index contributed by atoms with van der Waals surface area (Å²) in [5, 5.41) is 16.1. The highest BCUT2D eigenvalue weighted by Crippen LogP contribution is 2.39. The van der Waals surface area contributed by atoms with E-state index in [1.807, 2.05) is 13.8 Å². The fourth-order valence-electron chi connectivity index (χ4n) is 4.94. The van der Waals surface area contributed by atoms with Crippen LogP contribution in [0, 0.1) is 17.8 Å². The van der Waals surface area contributed by atoms with Gasteiger partial charge in [0, 0.05) is 6.20 Å². The molecule has 0 spiro atoms. The van der Waals surface area contributed by atoms with Gasteiger partial charge in [0.15, 0.2) is 9.84 Å². The van der Waals surface area contributed by atoms with E-state index in [0.29, 0.717) is 30.5 Å². The highest BCUT2D eigenvalue weighted by Gasteiger charge is 2.41. The van der Waals surface area contributed by atoms with E-state index < -0.39 is 33.9 Å². The topological polar surface area (TPSA) is 108 Å². The standard InChI is InChI=1S/C28H38F3N3O4S/c1-4-39(37,38)23-12-7-20(8-13-23)25(17-35)34-27(36)21-9-14-24(32-16-21)26(18(2)3)33-15-19-5-10-22(11-6-19)28(29,30)31/h7-9,12-14,16,18-19,22,25-26,33,35H,4-6,10-11,15,17H2,1-3H3,(H,34,36)/t19?,22?,25-,26?/m0/s1. The fourth-order valence-corrected chi connectivity index (χ4v) is 5.83. The third kappa shape index (κ3) is 8.25. The first-order valence-electron chi connectivity index (χ1n) is 13.4. The van der Waals surface area contributed by atoms with E-state index in [9.17, 15) is 31.5 Å². The Kier molecular flexibility index (Phi) is 10.5. The molecule has 1 aromatic heterocycles. The third-order valence-corrected chi connectivity index (χ3v) is 9.23. The molecule has 2 aromatic rings.